The molecule has 3 rings (SSSR count). The molecule has 0 heterocycles. The maximum absolute atomic E-state index is 10.1. The molecule has 5 N–H and O–H groups in total. The lowest BCUT2D eigenvalue weighted by molar-refractivity contribution is 0.369. The molecule has 0 spiro atoms. The van der Waals surface area contributed by atoms with Gasteiger partial charge in [0.2, 0.25) is 0 Å². The molecule has 3 aromatic carbocycles. The zero-order valence-corrected chi connectivity index (χ0v) is 11.0. The first kappa shape index (κ1) is 13.0. The molecule has 0 atom stereocenters. The summed E-state index contributed by atoms with van der Waals surface area (Å²) in [7, 11) is 1.30. The standard InChI is InChI=1S/C15H12O6/c1-21-10-5-9(17)11-7-3-2-6(16)4-8(7)13(18)15(20)12(11)14(10)19/h2-5,16-20H,1H3. The van der Waals surface area contributed by atoms with E-state index in [1.165, 1.54) is 31.4 Å². The van der Waals surface area contributed by atoms with Crippen LogP contribution in [-0.2, 0) is 0 Å². The molecule has 3 aromatic rings. The van der Waals surface area contributed by atoms with Gasteiger partial charge in [-0.05, 0) is 23.6 Å². The van der Waals surface area contributed by atoms with Crippen LogP contribution in [-0.4, -0.2) is 32.6 Å². The van der Waals surface area contributed by atoms with E-state index in [0.717, 1.165) is 0 Å². The number of ether oxygens (including phenoxy) is 1. The Balaban J connectivity index is 2.66. The highest BCUT2D eigenvalue weighted by Crippen LogP contribution is 2.51. The van der Waals surface area contributed by atoms with E-state index in [-0.39, 0.29) is 33.4 Å². The maximum Gasteiger partial charge on any atom is 0.170 e. The zero-order valence-electron chi connectivity index (χ0n) is 11.0. The van der Waals surface area contributed by atoms with Gasteiger partial charge < -0.3 is 30.3 Å². The summed E-state index contributed by atoms with van der Waals surface area (Å²) in [5, 5.41) is 50.5. The van der Waals surface area contributed by atoms with E-state index in [1.54, 1.807) is 0 Å². The first-order valence-electron chi connectivity index (χ1n) is 6.05. The highest BCUT2D eigenvalue weighted by Gasteiger charge is 2.22. The van der Waals surface area contributed by atoms with Gasteiger partial charge in [-0.2, -0.15) is 0 Å². The molecule has 0 aliphatic heterocycles. The summed E-state index contributed by atoms with van der Waals surface area (Å²) < 4.78 is 4.92. The van der Waals surface area contributed by atoms with Crippen molar-refractivity contribution in [2.45, 2.75) is 0 Å². The van der Waals surface area contributed by atoms with Crippen LogP contribution in [0.15, 0.2) is 24.3 Å². The summed E-state index contributed by atoms with van der Waals surface area (Å²) in [6, 6.07) is 5.31. The van der Waals surface area contributed by atoms with Gasteiger partial charge in [0.15, 0.2) is 23.0 Å². The number of phenolic OH excluding ortho intramolecular Hbond substituents is 5. The summed E-state index contributed by atoms with van der Waals surface area (Å²) >= 11 is 0. The van der Waals surface area contributed by atoms with Crippen molar-refractivity contribution in [2.24, 2.45) is 0 Å². The average Bonchev–Trinajstić information content (AvgIpc) is 2.46. The number of hydrogen-bond donors (Lipinski definition) is 5. The van der Waals surface area contributed by atoms with Crippen LogP contribution < -0.4 is 4.74 Å². The van der Waals surface area contributed by atoms with Gasteiger partial charge in [0.05, 0.1) is 12.5 Å². The van der Waals surface area contributed by atoms with Gasteiger partial charge in [-0.1, -0.05) is 0 Å². The van der Waals surface area contributed by atoms with E-state index in [9.17, 15) is 25.5 Å². The molecular formula is C15H12O6. The van der Waals surface area contributed by atoms with E-state index in [2.05, 4.69) is 0 Å². The predicted molar refractivity (Wildman–Crippen MR) is 76.3 cm³/mol. The van der Waals surface area contributed by atoms with Gasteiger partial charge >= 0.3 is 0 Å². The van der Waals surface area contributed by atoms with Gasteiger partial charge in [0.25, 0.3) is 0 Å². The molecule has 0 unspecified atom stereocenters. The number of benzene rings is 3. The van der Waals surface area contributed by atoms with E-state index in [1.807, 2.05) is 0 Å². The highest BCUT2D eigenvalue weighted by molar-refractivity contribution is 6.18. The van der Waals surface area contributed by atoms with Gasteiger partial charge in [-0.25, -0.2) is 0 Å². The van der Waals surface area contributed by atoms with Gasteiger partial charge in [0, 0.05) is 16.8 Å². The van der Waals surface area contributed by atoms with E-state index < -0.39 is 17.2 Å². The van der Waals surface area contributed by atoms with Crippen molar-refractivity contribution in [3.63, 3.8) is 0 Å². The van der Waals surface area contributed by atoms with Crippen molar-refractivity contribution < 1.29 is 30.3 Å². The Bertz CT molecular complexity index is 885. The Morgan fingerprint density at radius 3 is 2.14 bits per heavy atom. The third-order valence-corrected chi connectivity index (χ3v) is 3.45. The maximum atomic E-state index is 10.1. The van der Waals surface area contributed by atoms with Crippen LogP contribution >= 0.6 is 0 Å². The molecule has 0 aliphatic carbocycles. The lowest BCUT2D eigenvalue weighted by Crippen LogP contribution is -1.88. The number of aromatic hydroxyl groups is 5. The van der Waals surface area contributed by atoms with Crippen LogP contribution in [0.3, 0.4) is 0 Å². The van der Waals surface area contributed by atoms with Crippen LogP contribution in [0.1, 0.15) is 0 Å². The normalized spacial score (nSPS) is 11.1. The highest BCUT2D eigenvalue weighted by atomic mass is 16.5. The minimum absolute atomic E-state index is 0.0344. The van der Waals surface area contributed by atoms with E-state index in [0.29, 0.717) is 5.39 Å². The molecule has 6 nitrogen and oxygen atoms in total. The van der Waals surface area contributed by atoms with Crippen molar-refractivity contribution in [1.29, 1.82) is 0 Å². The minimum Gasteiger partial charge on any atom is -0.508 e. The van der Waals surface area contributed by atoms with Crippen molar-refractivity contribution in [1.82, 2.24) is 0 Å². The predicted octanol–water partition coefficient (Wildman–Crippen LogP) is 2.53. The zero-order chi connectivity index (χ0) is 15.3. The van der Waals surface area contributed by atoms with Crippen LogP contribution in [0, 0.1) is 0 Å². The van der Waals surface area contributed by atoms with Crippen molar-refractivity contribution >= 4 is 21.5 Å². The number of hydrogen-bond acceptors (Lipinski definition) is 6. The molecular weight excluding hydrogens is 276 g/mol. The summed E-state index contributed by atoms with van der Waals surface area (Å²) in [5.41, 5.74) is 0. The average molecular weight is 288 g/mol. The van der Waals surface area contributed by atoms with Crippen LogP contribution in [0.5, 0.6) is 34.5 Å². The molecule has 0 radical (unpaired) electrons. The summed E-state index contributed by atoms with van der Waals surface area (Å²) in [4.78, 5) is 0. The SMILES string of the molecule is COc1cc(O)c2c(c1O)c(O)c(O)c1cc(O)ccc12. The molecule has 0 amide bonds. The third-order valence-electron chi connectivity index (χ3n) is 3.45. The molecule has 6 heteroatoms. The molecule has 0 saturated heterocycles. The van der Waals surface area contributed by atoms with Crippen molar-refractivity contribution in [2.75, 3.05) is 7.11 Å². The Hall–Kier alpha value is -3.02. The molecule has 108 valence electrons. The van der Waals surface area contributed by atoms with Crippen LogP contribution in [0.25, 0.3) is 21.5 Å². The van der Waals surface area contributed by atoms with Gasteiger partial charge in [-0.3, -0.25) is 0 Å². The fourth-order valence-corrected chi connectivity index (χ4v) is 2.49. The van der Waals surface area contributed by atoms with Gasteiger partial charge in [0.1, 0.15) is 11.5 Å². The fourth-order valence-electron chi connectivity index (χ4n) is 2.49. The third kappa shape index (κ3) is 1.66. The largest absolute Gasteiger partial charge is 0.508 e. The van der Waals surface area contributed by atoms with Crippen LogP contribution in [0.2, 0.25) is 0 Å². The Kier molecular flexibility index (Phi) is 2.62. The Morgan fingerprint density at radius 1 is 0.762 bits per heavy atom. The molecule has 0 saturated carbocycles. The Labute approximate surface area is 118 Å². The van der Waals surface area contributed by atoms with Crippen molar-refractivity contribution in [3.05, 3.63) is 24.3 Å². The number of fused-ring (bicyclic) bond motifs is 3. The van der Waals surface area contributed by atoms with E-state index in [4.69, 9.17) is 4.74 Å². The fraction of sp³-hybridized carbons (Fsp3) is 0.0667. The second kappa shape index (κ2) is 4.24. The molecule has 21 heavy (non-hydrogen) atoms. The molecule has 0 aromatic heterocycles. The van der Waals surface area contributed by atoms with Gasteiger partial charge in [-0.15, -0.1) is 0 Å². The topological polar surface area (TPSA) is 110 Å². The van der Waals surface area contributed by atoms with Crippen LogP contribution in [0.4, 0.5) is 0 Å². The second-order valence-corrected chi connectivity index (χ2v) is 4.62. The Morgan fingerprint density at radius 2 is 1.48 bits per heavy atom. The second-order valence-electron chi connectivity index (χ2n) is 4.62. The minimum atomic E-state index is -0.602. The lowest BCUT2D eigenvalue weighted by Gasteiger charge is -2.14. The molecule has 0 fully saturated rings. The van der Waals surface area contributed by atoms with E-state index >= 15 is 0 Å². The quantitative estimate of drug-likeness (QED) is 0.267. The first-order chi connectivity index (χ1) is 9.95. The smallest absolute Gasteiger partial charge is 0.170 e. The summed E-state index contributed by atoms with van der Waals surface area (Å²) in [6.07, 6.45) is 0. The number of rotatable bonds is 1. The molecule has 0 bridgehead atoms. The number of phenols is 5. The summed E-state index contributed by atoms with van der Waals surface area (Å²) in [6.45, 7) is 0. The first-order valence-corrected chi connectivity index (χ1v) is 6.05. The monoisotopic (exact) mass is 288 g/mol. The lowest BCUT2D eigenvalue weighted by atomic mass is 9.98. The molecule has 0 aliphatic rings. The number of methoxy groups -OCH3 is 1. The summed E-state index contributed by atoms with van der Waals surface area (Å²) in [5.74, 6) is -1.87. The van der Waals surface area contributed by atoms with Crippen molar-refractivity contribution in [3.8, 4) is 34.5 Å².